The van der Waals surface area contributed by atoms with Gasteiger partial charge in [-0.15, -0.1) is 0 Å². The highest BCUT2D eigenvalue weighted by Gasteiger charge is 2.31. The topological polar surface area (TPSA) is 47.6 Å². The number of nitrogens with zero attached hydrogens (tertiary/aromatic N) is 2. The van der Waals surface area contributed by atoms with E-state index in [1.807, 2.05) is 13.0 Å². The van der Waals surface area contributed by atoms with Gasteiger partial charge in [0.05, 0.1) is 23.3 Å². The smallest absolute Gasteiger partial charge is 0.0997 e. The molecule has 1 aromatic rings. The third kappa shape index (κ3) is 2.44. The van der Waals surface area contributed by atoms with Crippen molar-refractivity contribution in [1.29, 1.82) is 10.5 Å². The Labute approximate surface area is 123 Å². The summed E-state index contributed by atoms with van der Waals surface area (Å²) in [5.74, 6) is 0. The van der Waals surface area contributed by atoms with Crippen LogP contribution in [0.15, 0.2) is 6.07 Å². The van der Waals surface area contributed by atoms with Crippen molar-refractivity contribution in [3.8, 4) is 12.1 Å². The van der Waals surface area contributed by atoms with E-state index in [-0.39, 0.29) is 5.41 Å². The van der Waals surface area contributed by atoms with E-state index in [0.29, 0.717) is 0 Å². The molecule has 0 spiro atoms. The summed E-state index contributed by atoms with van der Waals surface area (Å²) in [4.78, 5) is 0. The highest BCUT2D eigenvalue weighted by atomic mass is 14.4. The minimum Gasteiger partial charge on any atom is -0.192 e. The average Bonchev–Trinajstić information content (AvgIpc) is 2.49. The van der Waals surface area contributed by atoms with E-state index in [0.717, 1.165) is 53.5 Å². The van der Waals surface area contributed by atoms with Crippen molar-refractivity contribution in [3.05, 3.63) is 33.9 Å². The Morgan fingerprint density at radius 2 is 1.55 bits per heavy atom. The second kappa shape index (κ2) is 6.58. The number of hydrogen-bond acceptors (Lipinski definition) is 2. The predicted molar refractivity (Wildman–Crippen MR) is 82.5 cm³/mol. The van der Waals surface area contributed by atoms with Crippen LogP contribution in [0.3, 0.4) is 0 Å². The van der Waals surface area contributed by atoms with Crippen LogP contribution >= 0.6 is 0 Å². The van der Waals surface area contributed by atoms with Gasteiger partial charge in [-0.1, -0.05) is 27.7 Å². The Morgan fingerprint density at radius 3 is 1.90 bits per heavy atom. The number of rotatable bonds is 5. The van der Waals surface area contributed by atoms with Crippen molar-refractivity contribution in [2.24, 2.45) is 0 Å². The lowest BCUT2D eigenvalue weighted by atomic mass is 9.70. The van der Waals surface area contributed by atoms with Gasteiger partial charge in [-0.3, -0.25) is 0 Å². The van der Waals surface area contributed by atoms with Gasteiger partial charge in [0.1, 0.15) is 0 Å². The third-order valence-corrected chi connectivity index (χ3v) is 4.90. The quantitative estimate of drug-likeness (QED) is 0.772. The minimum absolute atomic E-state index is 0.00822. The zero-order valence-corrected chi connectivity index (χ0v) is 13.3. The molecule has 0 fully saturated rings. The van der Waals surface area contributed by atoms with Crippen LogP contribution in [-0.4, -0.2) is 0 Å². The van der Waals surface area contributed by atoms with Crippen LogP contribution in [-0.2, 0) is 11.8 Å². The summed E-state index contributed by atoms with van der Waals surface area (Å²) < 4.78 is 0. The van der Waals surface area contributed by atoms with E-state index >= 15 is 0 Å². The van der Waals surface area contributed by atoms with E-state index in [1.54, 1.807) is 0 Å². The minimum atomic E-state index is 0.00822. The molecule has 1 aromatic carbocycles. The monoisotopic (exact) mass is 268 g/mol. The largest absolute Gasteiger partial charge is 0.192 e. The summed E-state index contributed by atoms with van der Waals surface area (Å²) in [5, 5.41) is 19.0. The van der Waals surface area contributed by atoms with Gasteiger partial charge in [-0.25, -0.2) is 0 Å². The van der Waals surface area contributed by atoms with Crippen LogP contribution in [0.2, 0.25) is 0 Å². The lowest BCUT2D eigenvalue weighted by Gasteiger charge is -2.33. The van der Waals surface area contributed by atoms with Gasteiger partial charge < -0.3 is 0 Å². The summed E-state index contributed by atoms with van der Waals surface area (Å²) in [6.45, 7) is 10.5. The molecule has 0 amide bonds. The summed E-state index contributed by atoms with van der Waals surface area (Å²) in [6.07, 6.45) is 3.77. The van der Waals surface area contributed by atoms with Crippen LogP contribution < -0.4 is 0 Å². The molecule has 2 heteroatoms. The normalized spacial score (nSPS) is 10.9. The molecular formula is C18H24N2. The standard InChI is InChI=1S/C18H24N2/c1-6-15-13(5)14(11-19)10-17(16(15)12-20)18(7-2,8-3)9-4/h10H,6-9H2,1-5H3. The van der Waals surface area contributed by atoms with E-state index in [4.69, 9.17) is 0 Å². The third-order valence-electron chi connectivity index (χ3n) is 4.90. The maximum Gasteiger partial charge on any atom is 0.0997 e. The molecule has 0 aliphatic rings. The molecule has 0 bridgehead atoms. The van der Waals surface area contributed by atoms with Gasteiger partial charge in [0.15, 0.2) is 0 Å². The second-order valence-corrected chi connectivity index (χ2v) is 5.37. The Kier molecular flexibility index (Phi) is 5.34. The summed E-state index contributed by atoms with van der Waals surface area (Å²) >= 11 is 0. The number of benzene rings is 1. The first kappa shape index (κ1) is 16.3. The van der Waals surface area contributed by atoms with Crippen molar-refractivity contribution in [2.75, 3.05) is 0 Å². The molecule has 20 heavy (non-hydrogen) atoms. The molecule has 0 aliphatic heterocycles. The van der Waals surface area contributed by atoms with E-state index in [1.165, 1.54) is 0 Å². The molecule has 0 radical (unpaired) electrons. The SMILES string of the molecule is CCc1c(C)c(C#N)cc(C(CC)(CC)CC)c1C#N. The molecule has 0 saturated heterocycles. The van der Waals surface area contributed by atoms with Crippen molar-refractivity contribution in [3.63, 3.8) is 0 Å². The molecule has 2 nitrogen and oxygen atoms in total. The van der Waals surface area contributed by atoms with Crippen molar-refractivity contribution >= 4 is 0 Å². The summed E-state index contributed by atoms with van der Waals surface area (Å²) in [7, 11) is 0. The first-order valence-corrected chi connectivity index (χ1v) is 7.52. The van der Waals surface area contributed by atoms with Gasteiger partial charge in [0.25, 0.3) is 0 Å². The van der Waals surface area contributed by atoms with Crippen LogP contribution in [0.25, 0.3) is 0 Å². The Bertz CT molecular complexity index is 558. The maximum absolute atomic E-state index is 9.64. The van der Waals surface area contributed by atoms with Gasteiger partial charge in [0.2, 0.25) is 0 Å². The zero-order valence-electron chi connectivity index (χ0n) is 13.3. The fraction of sp³-hybridized carbons (Fsp3) is 0.556. The van der Waals surface area contributed by atoms with Crippen LogP contribution in [0.4, 0.5) is 0 Å². The number of hydrogen-bond donors (Lipinski definition) is 0. The fourth-order valence-corrected chi connectivity index (χ4v) is 3.26. The lowest BCUT2D eigenvalue weighted by molar-refractivity contribution is 0.380. The Morgan fingerprint density at radius 1 is 1.00 bits per heavy atom. The Balaban J connectivity index is 3.79. The molecule has 0 aromatic heterocycles. The van der Waals surface area contributed by atoms with Crippen molar-refractivity contribution in [2.45, 2.75) is 65.7 Å². The molecule has 0 N–H and O–H groups in total. The average molecular weight is 268 g/mol. The molecule has 0 atom stereocenters. The van der Waals surface area contributed by atoms with Crippen LogP contribution in [0.1, 0.15) is 74.8 Å². The van der Waals surface area contributed by atoms with Gasteiger partial charge >= 0.3 is 0 Å². The molecule has 106 valence electrons. The molecule has 1 rings (SSSR count). The van der Waals surface area contributed by atoms with Crippen molar-refractivity contribution < 1.29 is 0 Å². The second-order valence-electron chi connectivity index (χ2n) is 5.37. The molecule has 0 aliphatic carbocycles. The van der Waals surface area contributed by atoms with Crippen LogP contribution in [0.5, 0.6) is 0 Å². The first-order valence-electron chi connectivity index (χ1n) is 7.52. The van der Waals surface area contributed by atoms with E-state index < -0.39 is 0 Å². The van der Waals surface area contributed by atoms with Crippen LogP contribution in [0, 0.1) is 29.6 Å². The van der Waals surface area contributed by atoms with Crippen molar-refractivity contribution in [1.82, 2.24) is 0 Å². The molecule has 0 unspecified atom stereocenters. The molecule has 0 heterocycles. The zero-order chi connectivity index (χ0) is 15.3. The predicted octanol–water partition coefficient (Wildman–Crippen LogP) is 4.77. The summed E-state index contributed by atoms with van der Waals surface area (Å²) in [6, 6.07) is 6.66. The highest BCUT2D eigenvalue weighted by Crippen LogP contribution is 2.39. The van der Waals surface area contributed by atoms with E-state index in [2.05, 4.69) is 39.8 Å². The fourth-order valence-electron chi connectivity index (χ4n) is 3.26. The summed E-state index contributed by atoms with van der Waals surface area (Å²) in [5.41, 5.74) is 4.61. The number of nitriles is 2. The van der Waals surface area contributed by atoms with E-state index in [9.17, 15) is 10.5 Å². The molecular weight excluding hydrogens is 244 g/mol. The van der Waals surface area contributed by atoms with Gasteiger partial charge in [-0.2, -0.15) is 10.5 Å². The van der Waals surface area contributed by atoms with Gasteiger partial charge in [0, 0.05) is 0 Å². The highest BCUT2D eigenvalue weighted by molar-refractivity contribution is 5.57. The first-order chi connectivity index (χ1) is 9.54. The lowest BCUT2D eigenvalue weighted by Crippen LogP contribution is -2.25. The van der Waals surface area contributed by atoms with Gasteiger partial charge in [-0.05, 0) is 60.8 Å². The molecule has 0 saturated carbocycles. The maximum atomic E-state index is 9.64. The Hall–Kier alpha value is -1.80.